The number of phosphoric acid groups is 1. The van der Waals surface area contributed by atoms with Crippen LogP contribution in [0.3, 0.4) is 0 Å². The zero-order valence-electron chi connectivity index (χ0n) is 11.0. The number of hydrogen-bond donors (Lipinski definition) is 4. The molecule has 1 fully saturated rings. The molecule has 0 aromatic carbocycles. The highest BCUT2D eigenvalue weighted by Crippen LogP contribution is 2.38. The maximum Gasteiger partial charge on any atom is 0.469 e. The highest BCUT2D eigenvalue weighted by Gasteiger charge is 2.44. The van der Waals surface area contributed by atoms with E-state index in [1.165, 1.54) is 23.4 Å². The largest absolute Gasteiger partial charge is 0.469 e. The summed E-state index contributed by atoms with van der Waals surface area (Å²) in [5.41, 5.74) is 0.866. The fourth-order valence-corrected chi connectivity index (χ4v) is 2.59. The summed E-state index contributed by atoms with van der Waals surface area (Å²) in [7, 11) is -4.70. The van der Waals surface area contributed by atoms with Crippen molar-refractivity contribution >= 4 is 19.0 Å². The zero-order chi connectivity index (χ0) is 15.9. The van der Waals surface area contributed by atoms with Gasteiger partial charge in [0.1, 0.15) is 30.2 Å². The molecule has 4 N–H and O–H groups in total. The fraction of sp³-hybridized carbons (Fsp3) is 0.500. The monoisotopic (exact) mass is 332 g/mol. The van der Waals surface area contributed by atoms with Gasteiger partial charge in [-0.1, -0.05) is 0 Å². The zero-order valence-corrected chi connectivity index (χ0v) is 11.9. The molecule has 1 saturated heterocycles. The number of rotatable bonds is 4. The van der Waals surface area contributed by atoms with Crippen LogP contribution in [0.5, 0.6) is 0 Å². The van der Waals surface area contributed by atoms with Crippen LogP contribution in [0.2, 0.25) is 0 Å². The van der Waals surface area contributed by atoms with Crippen molar-refractivity contribution in [1.29, 1.82) is 0 Å². The molecule has 1 aliphatic heterocycles. The predicted octanol–water partition coefficient (Wildman–Crippen LogP) is -1.45. The van der Waals surface area contributed by atoms with Gasteiger partial charge in [-0.25, -0.2) is 19.5 Å². The minimum Gasteiger partial charge on any atom is -0.387 e. The average molecular weight is 332 g/mol. The second-order valence-corrected chi connectivity index (χ2v) is 5.96. The van der Waals surface area contributed by atoms with Crippen LogP contribution in [-0.4, -0.2) is 64.4 Å². The molecule has 3 heterocycles. The predicted molar refractivity (Wildman–Crippen MR) is 69.2 cm³/mol. The third-order valence-electron chi connectivity index (χ3n) is 3.27. The Kier molecular flexibility index (Phi) is 3.95. The summed E-state index contributed by atoms with van der Waals surface area (Å²) in [6, 6.07) is 0. The lowest BCUT2D eigenvalue weighted by molar-refractivity contribution is -0.0501. The van der Waals surface area contributed by atoms with E-state index < -0.39 is 39.0 Å². The molecule has 0 saturated carbocycles. The molecular formula is C10H13N4O7P. The van der Waals surface area contributed by atoms with E-state index in [2.05, 4.69) is 19.5 Å². The summed E-state index contributed by atoms with van der Waals surface area (Å²) >= 11 is 0. The normalized spacial score (nSPS) is 29.3. The standard InChI is InChI=1S/C10H13N4O7P/c15-7-6(2-20-22(17,18)19)21-10(8(7)16)14-4-13-9-5(14)1-11-3-12-9/h1,3-4,6-8,10,15-16H,2H2,(H2,17,18,19). The highest BCUT2D eigenvalue weighted by molar-refractivity contribution is 7.46. The summed E-state index contributed by atoms with van der Waals surface area (Å²) in [5.74, 6) is 0. The number of aliphatic hydroxyl groups excluding tert-OH is 2. The van der Waals surface area contributed by atoms with Crippen LogP contribution in [0.25, 0.3) is 11.2 Å². The van der Waals surface area contributed by atoms with E-state index in [1.807, 2.05) is 0 Å². The molecule has 4 atom stereocenters. The Labute approximate surface area is 123 Å². The van der Waals surface area contributed by atoms with E-state index in [0.717, 1.165) is 0 Å². The third kappa shape index (κ3) is 2.88. The Hall–Kier alpha value is -1.46. The first-order valence-corrected chi connectivity index (χ1v) is 7.74. The van der Waals surface area contributed by atoms with Crippen molar-refractivity contribution in [3.05, 3.63) is 18.9 Å². The minimum absolute atomic E-state index is 0.384. The first kappa shape index (κ1) is 15.4. The van der Waals surface area contributed by atoms with E-state index in [-0.39, 0.29) is 0 Å². The number of fused-ring (bicyclic) bond motifs is 1. The van der Waals surface area contributed by atoms with Gasteiger partial charge in [0, 0.05) is 0 Å². The smallest absolute Gasteiger partial charge is 0.387 e. The molecule has 2 aromatic rings. The van der Waals surface area contributed by atoms with E-state index in [0.29, 0.717) is 11.2 Å². The van der Waals surface area contributed by atoms with Crippen molar-refractivity contribution in [2.45, 2.75) is 24.5 Å². The first-order valence-electron chi connectivity index (χ1n) is 6.21. The van der Waals surface area contributed by atoms with Crippen LogP contribution in [0, 0.1) is 0 Å². The van der Waals surface area contributed by atoms with Crippen LogP contribution < -0.4 is 0 Å². The molecule has 11 nitrogen and oxygen atoms in total. The summed E-state index contributed by atoms with van der Waals surface area (Å²) in [6.45, 7) is -0.567. The number of nitrogens with zero attached hydrogens (tertiary/aromatic N) is 4. The molecule has 0 aliphatic carbocycles. The lowest BCUT2D eigenvalue weighted by atomic mass is 10.1. The average Bonchev–Trinajstić information content (AvgIpc) is 3.00. The van der Waals surface area contributed by atoms with E-state index >= 15 is 0 Å². The summed E-state index contributed by atoms with van der Waals surface area (Å²) in [4.78, 5) is 29.2. The van der Waals surface area contributed by atoms with Crippen LogP contribution in [0.1, 0.15) is 6.23 Å². The molecule has 22 heavy (non-hydrogen) atoms. The Bertz CT molecular complexity index is 718. The highest BCUT2D eigenvalue weighted by atomic mass is 31.2. The molecule has 0 spiro atoms. The topological polar surface area (TPSA) is 160 Å². The van der Waals surface area contributed by atoms with Gasteiger partial charge in [-0.15, -0.1) is 0 Å². The quantitative estimate of drug-likeness (QED) is 0.488. The third-order valence-corrected chi connectivity index (χ3v) is 3.76. The summed E-state index contributed by atoms with van der Waals surface area (Å²) in [6.07, 6.45) is -0.659. The van der Waals surface area contributed by atoms with Crippen LogP contribution in [0.4, 0.5) is 0 Å². The number of aromatic nitrogens is 4. The number of aliphatic hydroxyl groups is 2. The number of hydrogen-bond acceptors (Lipinski definition) is 8. The first-order chi connectivity index (χ1) is 10.4. The number of phosphoric ester groups is 1. The Balaban J connectivity index is 1.82. The second-order valence-electron chi connectivity index (χ2n) is 4.72. The van der Waals surface area contributed by atoms with Crippen molar-refractivity contribution in [3.8, 4) is 0 Å². The van der Waals surface area contributed by atoms with E-state index in [9.17, 15) is 14.8 Å². The van der Waals surface area contributed by atoms with Crippen LogP contribution in [-0.2, 0) is 13.8 Å². The van der Waals surface area contributed by atoms with Crippen LogP contribution >= 0.6 is 7.82 Å². The molecule has 0 amide bonds. The van der Waals surface area contributed by atoms with E-state index in [4.69, 9.17) is 14.5 Å². The van der Waals surface area contributed by atoms with Crippen molar-refractivity contribution in [2.75, 3.05) is 6.61 Å². The van der Waals surface area contributed by atoms with Gasteiger partial charge in [0.2, 0.25) is 0 Å². The fourth-order valence-electron chi connectivity index (χ4n) is 2.25. The van der Waals surface area contributed by atoms with Gasteiger partial charge in [0.05, 0.1) is 19.1 Å². The van der Waals surface area contributed by atoms with Crippen LogP contribution in [0.15, 0.2) is 18.9 Å². The summed E-state index contributed by atoms with van der Waals surface area (Å²) < 4.78 is 21.9. The summed E-state index contributed by atoms with van der Waals surface area (Å²) in [5, 5.41) is 20.0. The van der Waals surface area contributed by atoms with Crippen molar-refractivity contribution in [1.82, 2.24) is 19.5 Å². The molecule has 0 radical (unpaired) electrons. The molecule has 3 rings (SSSR count). The number of ether oxygens (including phenoxy) is 1. The van der Waals surface area contributed by atoms with Gasteiger partial charge < -0.3 is 24.7 Å². The van der Waals surface area contributed by atoms with Crippen molar-refractivity contribution < 1.29 is 33.8 Å². The van der Waals surface area contributed by atoms with Gasteiger partial charge in [-0.3, -0.25) is 9.09 Å². The SMILES string of the molecule is O=P(O)(O)OCC1OC(n2cnc3ncncc32)C(O)C1O. The molecule has 1 aliphatic rings. The molecule has 120 valence electrons. The maximum atomic E-state index is 10.7. The van der Waals surface area contributed by atoms with Gasteiger partial charge in [0.25, 0.3) is 0 Å². The Morgan fingerprint density at radius 1 is 1.32 bits per heavy atom. The maximum absolute atomic E-state index is 10.7. The molecular weight excluding hydrogens is 319 g/mol. The molecule has 12 heteroatoms. The van der Waals surface area contributed by atoms with Crippen molar-refractivity contribution in [3.63, 3.8) is 0 Å². The Morgan fingerprint density at radius 2 is 2.09 bits per heavy atom. The van der Waals surface area contributed by atoms with Gasteiger partial charge in [-0.2, -0.15) is 0 Å². The van der Waals surface area contributed by atoms with Crippen molar-refractivity contribution in [2.24, 2.45) is 0 Å². The lowest BCUT2D eigenvalue weighted by Gasteiger charge is -2.16. The van der Waals surface area contributed by atoms with Gasteiger partial charge in [0.15, 0.2) is 11.9 Å². The van der Waals surface area contributed by atoms with Gasteiger partial charge >= 0.3 is 7.82 Å². The van der Waals surface area contributed by atoms with E-state index in [1.54, 1.807) is 0 Å². The lowest BCUT2D eigenvalue weighted by Crippen LogP contribution is -2.33. The second kappa shape index (κ2) is 5.63. The minimum atomic E-state index is -4.70. The molecule has 2 aromatic heterocycles. The molecule has 4 unspecified atom stereocenters. The van der Waals surface area contributed by atoms with Gasteiger partial charge in [-0.05, 0) is 0 Å². The number of imidazole rings is 1. The molecule has 0 bridgehead atoms. The Morgan fingerprint density at radius 3 is 2.82 bits per heavy atom.